The average Bonchev–Trinajstić information content (AvgIpc) is 2.66. The van der Waals surface area contributed by atoms with Crippen molar-refractivity contribution in [3.05, 3.63) is 70.8 Å². The second-order valence-corrected chi connectivity index (χ2v) is 6.10. The van der Waals surface area contributed by atoms with Crippen LogP contribution in [0, 0.1) is 6.92 Å². The van der Waals surface area contributed by atoms with E-state index >= 15 is 0 Å². The molecule has 0 aliphatic rings. The van der Waals surface area contributed by atoms with Crippen LogP contribution in [0.4, 0.5) is 11.6 Å². The Morgan fingerprint density at radius 1 is 1.19 bits per heavy atom. The third-order valence-corrected chi connectivity index (χ3v) is 3.95. The smallest absolute Gasteiger partial charge is 0.270 e. The lowest BCUT2D eigenvalue weighted by atomic mass is 10.3. The van der Waals surface area contributed by atoms with Crippen LogP contribution in [0.2, 0.25) is 5.02 Å². The maximum atomic E-state index is 12.4. The van der Waals surface area contributed by atoms with E-state index in [2.05, 4.69) is 25.6 Å². The largest absolute Gasteiger partial charge is 0.495 e. The fraction of sp³-hybridized carbons (Fsp3) is 0.158. The molecule has 0 bridgehead atoms. The van der Waals surface area contributed by atoms with Crippen molar-refractivity contribution < 1.29 is 9.53 Å². The number of ether oxygens (including phenoxy) is 1. The number of nitrogens with zero attached hydrogens (tertiary/aromatic N) is 3. The molecule has 1 aromatic carbocycles. The van der Waals surface area contributed by atoms with Crippen molar-refractivity contribution in [2.24, 2.45) is 0 Å². The van der Waals surface area contributed by atoms with E-state index in [1.165, 1.54) is 0 Å². The number of rotatable bonds is 6. The topological polar surface area (TPSA) is 89.0 Å². The van der Waals surface area contributed by atoms with E-state index in [0.29, 0.717) is 34.6 Å². The van der Waals surface area contributed by atoms with Gasteiger partial charge in [-0.25, -0.2) is 9.97 Å². The summed E-state index contributed by atoms with van der Waals surface area (Å²) in [6, 6.07) is 12.4. The van der Waals surface area contributed by atoms with Crippen LogP contribution < -0.4 is 15.4 Å². The molecule has 0 aliphatic heterocycles. The van der Waals surface area contributed by atoms with Crippen molar-refractivity contribution in [3.63, 3.8) is 0 Å². The number of methoxy groups -OCH3 is 1. The SMILES string of the molecule is COc1ccc(Nc2nc(C)cc(C(=O)NCc3ccccn3)n2)cc1Cl. The number of aromatic nitrogens is 3. The lowest BCUT2D eigenvalue weighted by Crippen LogP contribution is -2.24. The zero-order chi connectivity index (χ0) is 19.2. The molecule has 1 amide bonds. The third-order valence-electron chi connectivity index (χ3n) is 3.65. The molecule has 0 spiro atoms. The third kappa shape index (κ3) is 4.92. The molecule has 27 heavy (non-hydrogen) atoms. The Morgan fingerprint density at radius 2 is 2.04 bits per heavy atom. The highest BCUT2D eigenvalue weighted by Crippen LogP contribution is 2.28. The van der Waals surface area contributed by atoms with Crippen LogP contribution in [-0.2, 0) is 6.54 Å². The van der Waals surface area contributed by atoms with Crippen LogP contribution in [0.5, 0.6) is 5.75 Å². The number of carbonyl (C=O) groups is 1. The summed E-state index contributed by atoms with van der Waals surface area (Å²) in [4.78, 5) is 25.2. The van der Waals surface area contributed by atoms with Gasteiger partial charge in [0.1, 0.15) is 11.4 Å². The van der Waals surface area contributed by atoms with Gasteiger partial charge in [0.25, 0.3) is 5.91 Å². The summed E-state index contributed by atoms with van der Waals surface area (Å²) in [5, 5.41) is 6.31. The summed E-state index contributed by atoms with van der Waals surface area (Å²) >= 11 is 6.13. The first-order chi connectivity index (χ1) is 13.0. The van der Waals surface area contributed by atoms with E-state index in [9.17, 15) is 4.79 Å². The Balaban J connectivity index is 1.73. The van der Waals surface area contributed by atoms with Gasteiger partial charge in [0.05, 0.1) is 24.4 Å². The first-order valence-electron chi connectivity index (χ1n) is 8.19. The molecule has 0 saturated heterocycles. The van der Waals surface area contributed by atoms with Crippen molar-refractivity contribution >= 4 is 29.1 Å². The summed E-state index contributed by atoms with van der Waals surface area (Å²) in [6.07, 6.45) is 1.68. The Bertz CT molecular complexity index is 950. The fourth-order valence-electron chi connectivity index (χ4n) is 2.38. The molecule has 3 rings (SSSR count). The number of benzene rings is 1. The minimum Gasteiger partial charge on any atom is -0.495 e. The fourth-order valence-corrected chi connectivity index (χ4v) is 2.64. The Kier molecular flexibility index (Phi) is 5.83. The Hall–Kier alpha value is -3.19. The highest BCUT2D eigenvalue weighted by atomic mass is 35.5. The molecule has 2 heterocycles. The van der Waals surface area contributed by atoms with Crippen LogP contribution in [0.25, 0.3) is 0 Å². The number of pyridine rings is 1. The van der Waals surface area contributed by atoms with Crippen molar-refractivity contribution in [3.8, 4) is 5.75 Å². The molecule has 138 valence electrons. The quantitative estimate of drug-likeness (QED) is 0.677. The van der Waals surface area contributed by atoms with E-state index < -0.39 is 0 Å². The Labute approximate surface area is 161 Å². The molecule has 0 aliphatic carbocycles. The van der Waals surface area contributed by atoms with E-state index in [4.69, 9.17) is 16.3 Å². The number of hydrogen-bond acceptors (Lipinski definition) is 6. The number of nitrogens with one attached hydrogen (secondary N) is 2. The summed E-state index contributed by atoms with van der Waals surface area (Å²) in [5.41, 5.74) is 2.38. The highest BCUT2D eigenvalue weighted by molar-refractivity contribution is 6.32. The van der Waals surface area contributed by atoms with Gasteiger partial charge in [-0.1, -0.05) is 17.7 Å². The standard InChI is InChI=1S/C19H18ClN5O2/c1-12-9-16(18(26)22-11-14-5-3-4-8-21-14)25-19(23-12)24-13-6-7-17(27-2)15(20)10-13/h3-10H,11H2,1-2H3,(H,22,26)(H,23,24,25). The van der Waals surface area contributed by atoms with Gasteiger partial charge in [0, 0.05) is 17.6 Å². The normalized spacial score (nSPS) is 10.3. The second kappa shape index (κ2) is 8.46. The number of carbonyl (C=O) groups excluding carboxylic acids is 1. The highest BCUT2D eigenvalue weighted by Gasteiger charge is 2.11. The number of halogens is 1. The van der Waals surface area contributed by atoms with Gasteiger partial charge >= 0.3 is 0 Å². The molecule has 8 heteroatoms. The van der Waals surface area contributed by atoms with Crippen LogP contribution in [-0.4, -0.2) is 28.0 Å². The monoisotopic (exact) mass is 383 g/mol. The van der Waals surface area contributed by atoms with Crippen molar-refractivity contribution in [1.82, 2.24) is 20.3 Å². The van der Waals surface area contributed by atoms with Gasteiger partial charge in [-0.3, -0.25) is 9.78 Å². The molecule has 2 N–H and O–H groups in total. The molecule has 0 fully saturated rings. The van der Waals surface area contributed by atoms with Crippen molar-refractivity contribution in [1.29, 1.82) is 0 Å². The van der Waals surface area contributed by atoms with Gasteiger partial charge in [-0.05, 0) is 43.3 Å². The van der Waals surface area contributed by atoms with E-state index in [0.717, 1.165) is 5.69 Å². The van der Waals surface area contributed by atoms with Gasteiger partial charge in [-0.15, -0.1) is 0 Å². The summed E-state index contributed by atoms with van der Waals surface area (Å²) in [7, 11) is 1.55. The van der Waals surface area contributed by atoms with Crippen molar-refractivity contribution in [2.75, 3.05) is 12.4 Å². The van der Waals surface area contributed by atoms with Gasteiger partial charge in [0.15, 0.2) is 0 Å². The van der Waals surface area contributed by atoms with Gasteiger partial charge in [0.2, 0.25) is 5.95 Å². The number of hydrogen-bond donors (Lipinski definition) is 2. The number of amides is 1. The molecular weight excluding hydrogens is 366 g/mol. The van der Waals surface area contributed by atoms with Crippen LogP contribution >= 0.6 is 11.6 Å². The zero-order valence-corrected chi connectivity index (χ0v) is 15.6. The lowest BCUT2D eigenvalue weighted by molar-refractivity contribution is 0.0945. The number of anilines is 2. The second-order valence-electron chi connectivity index (χ2n) is 5.70. The van der Waals surface area contributed by atoms with Crippen LogP contribution in [0.1, 0.15) is 21.9 Å². The van der Waals surface area contributed by atoms with E-state index in [1.807, 2.05) is 18.2 Å². The summed E-state index contributed by atoms with van der Waals surface area (Å²) in [6.45, 7) is 2.11. The van der Waals surface area contributed by atoms with E-state index in [1.54, 1.807) is 44.5 Å². The minimum absolute atomic E-state index is 0.264. The molecule has 0 radical (unpaired) electrons. The van der Waals surface area contributed by atoms with E-state index in [-0.39, 0.29) is 11.6 Å². The van der Waals surface area contributed by atoms with Crippen molar-refractivity contribution in [2.45, 2.75) is 13.5 Å². The predicted molar refractivity (Wildman–Crippen MR) is 103 cm³/mol. The summed E-state index contributed by atoms with van der Waals surface area (Å²) < 4.78 is 5.13. The lowest BCUT2D eigenvalue weighted by Gasteiger charge is -2.10. The average molecular weight is 384 g/mol. The number of aryl methyl sites for hydroxylation is 1. The minimum atomic E-state index is -0.304. The first kappa shape index (κ1) is 18.6. The molecule has 0 unspecified atom stereocenters. The molecule has 0 saturated carbocycles. The van der Waals surface area contributed by atoms with Crippen LogP contribution in [0.15, 0.2) is 48.7 Å². The van der Waals surface area contributed by atoms with Gasteiger partial charge in [-0.2, -0.15) is 0 Å². The van der Waals surface area contributed by atoms with Crippen LogP contribution in [0.3, 0.4) is 0 Å². The predicted octanol–water partition coefficient (Wildman–Crippen LogP) is 3.52. The molecule has 2 aromatic heterocycles. The maximum Gasteiger partial charge on any atom is 0.270 e. The molecule has 0 atom stereocenters. The van der Waals surface area contributed by atoms with Gasteiger partial charge < -0.3 is 15.4 Å². The summed E-state index contributed by atoms with van der Waals surface area (Å²) in [5.74, 6) is 0.572. The zero-order valence-electron chi connectivity index (χ0n) is 14.9. The molecular formula is C19H18ClN5O2. The first-order valence-corrected chi connectivity index (χ1v) is 8.57. The maximum absolute atomic E-state index is 12.4. The molecule has 3 aromatic rings. The Morgan fingerprint density at radius 3 is 2.74 bits per heavy atom. The molecule has 7 nitrogen and oxygen atoms in total.